The van der Waals surface area contributed by atoms with E-state index < -0.39 is 0 Å². The van der Waals surface area contributed by atoms with E-state index in [0.717, 1.165) is 11.1 Å². The van der Waals surface area contributed by atoms with E-state index in [-0.39, 0.29) is 10.6 Å². The highest BCUT2D eigenvalue weighted by molar-refractivity contribution is 5.96. The zero-order valence-corrected chi connectivity index (χ0v) is 9.46. The first-order valence-corrected chi connectivity index (χ1v) is 5.57. The Morgan fingerprint density at radius 2 is 1.78 bits per heavy atom. The van der Waals surface area contributed by atoms with Crippen molar-refractivity contribution in [2.24, 2.45) is 0 Å². The van der Waals surface area contributed by atoms with Gasteiger partial charge in [-0.25, -0.2) is 0 Å². The normalized spacial score (nSPS) is 10.7. The zero-order valence-electron chi connectivity index (χ0n) is 9.46. The summed E-state index contributed by atoms with van der Waals surface area (Å²) in [6.45, 7) is 0. The summed E-state index contributed by atoms with van der Waals surface area (Å²) in [5.74, 6) is 0. The standard InChI is InChI=1S/C14H10N2O2/c17-16(18)14-11(10-4-2-1-3-5-10)6-7-13-12(14)8-9-15-13/h1-9,15H. The third-order valence-electron chi connectivity index (χ3n) is 2.97. The minimum Gasteiger partial charge on any atom is -0.361 e. The van der Waals surface area contributed by atoms with Crippen molar-refractivity contribution in [3.05, 3.63) is 64.8 Å². The van der Waals surface area contributed by atoms with Crippen LogP contribution in [0.15, 0.2) is 54.7 Å². The first-order chi connectivity index (χ1) is 8.77. The molecule has 0 spiro atoms. The molecule has 1 heterocycles. The van der Waals surface area contributed by atoms with Gasteiger partial charge in [0.15, 0.2) is 0 Å². The van der Waals surface area contributed by atoms with Crippen LogP contribution < -0.4 is 0 Å². The predicted octanol–water partition coefficient (Wildman–Crippen LogP) is 3.74. The number of aromatic nitrogens is 1. The van der Waals surface area contributed by atoms with E-state index in [1.807, 2.05) is 36.4 Å². The Morgan fingerprint density at radius 3 is 2.50 bits per heavy atom. The van der Waals surface area contributed by atoms with Crippen molar-refractivity contribution in [3.63, 3.8) is 0 Å². The van der Waals surface area contributed by atoms with Gasteiger partial charge in [-0.3, -0.25) is 10.1 Å². The highest BCUT2D eigenvalue weighted by atomic mass is 16.6. The van der Waals surface area contributed by atoms with Gasteiger partial charge in [0, 0.05) is 6.20 Å². The van der Waals surface area contributed by atoms with E-state index in [4.69, 9.17) is 0 Å². The molecule has 88 valence electrons. The number of aromatic amines is 1. The van der Waals surface area contributed by atoms with Crippen LogP contribution in [0, 0.1) is 10.1 Å². The second-order valence-corrected chi connectivity index (χ2v) is 4.02. The highest BCUT2D eigenvalue weighted by Gasteiger charge is 2.19. The quantitative estimate of drug-likeness (QED) is 0.546. The molecule has 0 saturated carbocycles. The molecule has 0 unspecified atom stereocenters. The maximum Gasteiger partial charge on any atom is 0.286 e. The molecule has 0 bridgehead atoms. The Bertz CT molecular complexity index is 717. The molecule has 0 atom stereocenters. The van der Waals surface area contributed by atoms with E-state index in [1.54, 1.807) is 18.3 Å². The molecule has 0 aliphatic heterocycles. The number of nitro benzene ring substituents is 1. The van der Waals surface area contributed by atoms with Crippen LogP contribution in [0.2, 0.25) is 0 Å². The lowest BCUT2D eigenvalue weighted by Crippen LogP contribution is -1.92. The van der Waals surface area contributed by atoms with Gasteiger partial charge in [-0.1, -0.05) is 30.3 Å². The van der Waals surface area contributed by atoms with Gasteiger partial charge in [0.1, 0.15) is 0 Å². The molecule has 1 N–H and O–H groups in total. The minimum absolute atomic E-state index is 0.153. The highest BCUT2D eigenvalue weighted by Crippen LogP contribution is 2.35. The number of nitrogens with one attached hydrogen (secondary N) is 1. The summed E-state index contributed by atoms with van der Waals surface area (Å²) in [4.78, 5) is 14.0. The Balaban J connectivity index is 2.35. The van der Waals surface area contributed by atoms with Crippen LogP contribution in [0.3, 0.4) is 0 Å². The zero-order chi connectivity index (χ0) is 12.5. The fraction of sp³-hybridized carbons (Fsp3) is 0. The summed E-state index contributed by atoms with van der Waals surface area (Å²) < 4.78 is 0. The molecule has 4 heteroatoms. The second-order valence-electron chi connectivity index (χ2n) is 4.02. The number of H-pyrrole nitrogens is 1. The van der Waals surface area contributed by atoms with Crippen molar-refractivity contribution in [1.29, 1.82) is 0 Å². The molecule has 3 rings (SSSR count). The van der Waals surface area contributed by atoms with Gasteiger partial charge in [-0.2, -0.15) is 0 Å². The molecule has 4 nitrogen and oxygen atoms in total. The molecule has 0 fully saturated rings. The Labute approximate surface area is 103 Å². The van der Waals surface area contributed by atoms with E-state index in [1.165, 1.54) is 0 Å². The van der Waals surface area contributed by atoms with Crippen molar-refractivity contribution in [3.8, 4) is 11.1 Å². The number of nitrogens with zero attached hydrogens (tertiary/aromatic N) is 1. The summed E-state index contributed by atoms with van der Waals surface area (Å²) in [5.41, 5.74) is 2.43. The summed E-state index contributed by atoms with van der Waals surface area (Å²) in [6.07, 6.45) is 1.71. The van der Waals surface area contributed by atoms with Crippen LogP contribution in [0.4, 0.5) is 5.69 Å². The number of benzene rings is 2. The maximum atomic E-state index is 11.3. The SMILES string of the molecule is O=[N+]([O-])c1c(-c2ccccc2)ccc2[nH]ccc12. The van der Waals surface area contributed by atoms with Crippen LogP contribution in [-0.4, -0.2) is 9.91 Å². The number of hydrogen-bond acceptors (Lipinski definition) is 2. The minimum atomic E-state index is -0.321. The first-order valence-electron chi connectivity index (χ1n) is 5.57. The molecule has 0 aliphatic carbocycles. The van der Waals surface area contributed by atoms with Crippen molar-refractivity contribution in [1.82, 2.24) is 4.98 Å². The van der Waals surface area contributed by atoms with Gasteiger partial charge in [0.25, 0.3) is 5.69 Å². The molecular weight excluding hydrogens is 228 g/mol. The average Bonchev–Trinajstić information content (AvgIpc) is 2.86. The summed E-state index contributed by atoms with van der Waals surface area (Å²) in [7, 11) is 0. The molecule has 3 aromatic rings. The smallest absolute Gasteiger partial charge is 0.286 e. The van der Waals surface area contributed by atoms with Crippen molar-refractivity contribution >= 4 is 16.6 Å². The van der Waals surface area contributed by atoms with Gasteiger partial charge in [-0.15, -0.1) is 0 Å². The van der Waals surface area contributed by atoms with Gasteiger partial charge in [0.2, 0.25) is 0 Å². The van der Waals surface area contributed by atoms with Crippen LogP contribution >= 0.6 is 0 Å². The van der Waals surface area contributed by atoms with Gasteiger partial charge in [-0.05, 0) is 23.8 Å². The van der Waals surface area contributed by atoms with Gasteiger partial charge >= 0.3 is 0 Å². The largest absolute Gasteiger partial charge is 0.361 e. The number of fused-ring (bicyclic) bond motifs is 1. The van der Waals surface area contributed by atoms with Crippen molar-refractivity contribution in [2.45, 2.75) is 0 Å². The lowest BCUT2D eigenvalue weighted by molar-refractivity contribution is -0.382. The Kier molecular flexibility index (Phi) is 2.34. The number of hydrogen-bond donors (Lipinski definition) is 1. The molecule has 0 amide bonds. The molecule has 0 radical (unpaired) electrons. The van der Waals surface area contributed by atoms with Crippen molar-refractivity contribution in [2.75, 3.05) is 0 Å². The van der Waals surface area contributed by atoms with Crippen LogP contribution in [-0.2, 0) is 0 Å². The Hall–Kier alpha value is -2.62. The molecule has 0 saturated heterocycles. The molecule has 2 aromatic carbocycles. The third kappa shape index (κ3) is 1.55. The maximum absolute atomic E-state index is 11.3. The number of nitro groups is 1. The van der Waals surface area contributed by atoms with E-state index >= 15 is 0 Å². The summed E-state index contributed by atoms with van der Waals surface area (Å²) in [6, 6.07) is 14.8. The monoisotopic (exact) mass is 238 g/mol. The third-order valence-corrected chi connectivity index (χ3v) is 2.97. The average molecular weight is 238 g/mol. The van der Waals surface area contributed by atoms with Crippen LogP contribution in [0.5, 0.6) is 0 Å². The molecule has 1 aromatic heterocycles. The van der Waals surface area contributed by atoms with E-state index in [2.05, 4.69) is 4.98 Å². The predicted molar refractivity (Wildman–Crippen MR) is 70.4 cm³/mol. The molecule has 0 aliphatic rings. The van der Waals surface area contributed by atoms with E-state index in [0.29, 0.717) is 10.9 Å². The van der Waals surface area contributed by atoms with Crippen LogP contribution in [0.25, 0.3) is 22.0 Å². The fourth-order valence-electron chi connectivity index (χ4n) is 2.16. The van der Waals surface area contributed by atoms with Gasteiger partial charge in [0.05, 0.1) is 21.4 Å². The lowest BCUT2D eigenvalue weighted by Gasteiger charge is -2.04. The van der Waals surface area contributed by atoms with Gasteiger partial charge < -0.3 is 4.98 Å². The van der Waals surface area contributed by atoms with Crippen LogP contribution in [0.1, 0.15) is 0 Å². The summed E-state index contributed by atoms with van der Waals surface area (Å²) in [5, 5.41) is 11.9. The Morgan fingerprint density at radius 1 is 1.00 bits per heavy atom. The van der Waals surface area contributed by atoms with Crippen molar-refractivity contribution < 1.29 is 4.92 Å². The topological polar surface area (TPSA) is 58.9 Å². The number of rotatable bonds is 2. The first kappa shape index (κ1) is 10.5. The second kappa shape index (κ2) is 4.00. The van der Waals surface area contributed by atoms with E-state index in [9.17, 15) is 10.1 Å². The fourth-order valence-corrected chi connectivity index (χ4v) is 2.16. The summed E-state index contributed by atoms with van der Waals surface area (Å²) >= 11 is 0. The molecular formula is C14H10N2O2. The molecule has 18 heavy (non-hydrogen) atoms. The lowest BCUT2D eigenvalue weighted by atomic mass is 10.0.